The Bertz CT molecular complexity index is 1670. The van der Waals surface area contributed by atoms with E-state index < -0.39 is 11.2 Å². The molecule has 0 amide bonds. The fraction of sp³-hybridized carbons (Fsp3) is 0.423. The highest BCUT2D eigenvalue weighted by Gasteiger charge is 2.26. The number of anilines is 1. The van der Waals surface area contributed by atoms with Crippen LogP contribution in [0.1, 0.15) is 36.7 Å². The van der Waals surface area contributed by atoms with Gasteiger partial charge in [0.2, 0.25) is 5.95 Å². The average Bonchev–Trinajstić information content (AvgIpc) is 3.24. The molecular formula is C26H30N8O2. The lowest BCUT2D eigenvalue weighted by atomic mass is 10.1. The van der Waals surface area contributed by atoms with E-state index in [2.05, 4.69) is 26.7 Å². The maximum Gasteiger partial charge on any atom is 0.332 e. The SMILES string of the molecule is CC#CCn1c(N2CCCC(N)C2)nc2c1c(=O)n(Cc1ccc3nc(C)c(C)nc3c1)c(=O)n2C. The zero-order valence-corrected chi connectivity index (χ0v) is 21.1. The Morgan fingerprint density at radius 3 is 2.56 bits per heavy atom. The van der Waals surface area contributed by atoms with Gasteiger partial charge in [-0.1, -0.05) is 12.0 Å². The van der Waals surface area contributed by atoms with E-state index in [4.69, 9.17) is 10.7 Å². The lowest BCUT2D eigenvalue weighted by Crippen LogP contribution is -2.44. The van der Waals surface area contributed by atoms with E-state index in [1.165, 1.54) is 9.13 Å². The predicted octanol–water partition coefficient (Wildman–Crippen LogP) is 1.46. The number of imidazole rings is 1. The van der Waals surface area contributed by atoms with Gasteiger partial charge < -0.3 is 10.6 Å². The van der Waals surface area contributed by atoms with Crippen LogP contribution in [0.4, 0.5) is 5.95 Å². The first-order valence-corrected chi connectivity index (χ1v) is 12.1. The number of aryl methyl sites for hydroxylation is 3. The molecule has 2 N–H and O–H groups in total. The monoisotopic (exact) mass is 486 g/mol. The molecule has 0 spiro atoms. The lowest BCUT2D eigenvalue weighted by Gasteiger charge is -2.31. The van der Waals surface area contributed by atoms with E-state index in [9.17, 15) is 9.59 Å². The van der Waals surface area contributed by atoms with E-state index >= 15 is 0 Å². The summed E-state index contributed by atoms with van der Waals surface area (Å²) in [7, 11) is 1.65. The largest absolute Gasteiger partial charge is 0.341 e. The minimum Gasteiger partial charge on any atom is -0.341 e. The van der Waals surface area contributed by atoms with Crippen LogP contribution in [0, 0.1) is 25.7 Å². The van der Waals surface area contributed by atoms with Gasteiger partial charge in [0.15, 0.2) is 11.2 Å². The molecule has 1 fully saturated rings. The van der Waals surface area contributed by atoms with Crippen LogP contribution in [0.15, 0.2) is 27.8 Å². The van der Waals surface area contributed by atoms with E-state index in [-0.39, 0.29) is 12.6 Å². The first-order valence-electron chi connectivity index (χ1n) is 12.1. The summed E-state index contributed by atoms with van der Waals surface area (Å²) in [4.78, 5) is 43.1. The van der Waals surface area contributed by atoms with Crippen molar-refractivity contribution in [3.63, 3.8) is 0 Å². The third-order valence-corrected chi connectivity index (χ3v) is 6.85. The average molecular weight is 487 g/mol. The summed E-state index contributed by atoms with van der Waals surface area (Å²) in [6.45, 7) is 7.43. The maximum atomic E-state index is 13.8. The van der Waals surface area contributed by atoms with Crippen molar-refractivity contribution in [2.24, 2.45) is 12.8 Å². The molecule has 3 aromatic heterocycles. The number of benzene rings is 1. The van der Waals surface area contributed by atoms with Gasteiger partial charge in [0.05, 0.1) is 35.5 Å². The molecule has 1 aliphatic rings. The van der Waals surface area contributed by atoms with Crippen LogP contribution in [-0.4, -0.2) is 47.8 Å². The second-order valence-corrected chi connectivity index (χ2v) is 9.40. The highest BCUT2D eigenvalue weighted by molar-refractivity contribution is 5.76. The standard InChI is InChI=1S/C26H30N8O2/c1-5-6-12-33-22-23(30-25(33)32-11-7-8-19(27)15-32)31(4)26(36)34(24(22)35)14-18-9-10-20-21(13-18)29-17(3)16(2)28-20/h9-10,13,19H,7-8,11-12,14-15,27H2,1-4H3. The number of hydrogen-bond donors (Lipinski definition) is 1. The summed E-state index contributed by atoms with van der Waals surface area (Å²) in [5.74, 6) is 6.59. The van der Waals surface area contributed by atoms with Gasteiger partial charge in [-0.15, -0.1) is 5.92 Å². The zero-order chi connectivity index (χ0) is 25.6. The maximum absolute atomic E-state index is 13.8. The Balaban J connectivity index is 1.66. The van der Waals surface area contributed by atoms with E-state index in [0.717, 1.165) is 47.4 Å². The second kappa shape index (κ2) is 9.24. The zero-order valence-electron chi connectivity index (χ0n) is 21.1. The molecule has 5 rings (SSSR count). The van der Waals surface area contributed by atoms with Crippen LogP contribution in [0.2, 0.25) is 0 Å². The van der Waals surface area contributed by atoms with E-state index in [1.54, 1.807) is 14.0 Å². The van der Waals surface area contributed by atoms with Gasteiger partial charge in [-0.05, 0) is 51.3 Å². The van der Waals surface area contributed by atoms with Crippen molar-refractivity contribution in [3.8, 4) is 11.8 Å². The van der Waals surface area contributed by atoms with Gasteiger partial charge in [0, 0.05) is 26.2 Å². The Hall–Kier alpha value is -3.97. The lowest BCUT2D eigenvalue weighted by molar-refractivity contribution is 0.496. The molecule has 1 unspecified atom stereocenters. The van der Waals surface area contributed by atoms with Crippen LogP contribution in [0.25, 0.3) is 22.2 Å². The summed E-state index contributed by atoms with van der Waals surface area (Å²) in [6, 6.07) is 5.66. The fourth-order valence-corrected chi connectivity index (χ4v) is 4.80. The predicted molar refractivity (Wildman–Crippen MR) is 140 cm³/mol. The molecule has 0 bridgehead atoms. The van der Waals surface area contributed by atoms with Crippen molar-refractivity contribution < 1.29 is 0 Å². The number of aromatic nitrogens is 6. The van der Waals surface area contributed by atoms with E-state index in [1.807, 2.05) is 36.6 Å². The third kappa shape index (κ3) is 4.05. The summed E-state index contributed by atoms with van der Waals surface area (Å²) in [6.07, 6.45) is 1.89. The van der Waals surface area contributed by atoms with Gasteiger partial charge in [0.25, 0.3) is 5.56 Å². The number of piperidine rings is 1. The van der Waals surface area contributed by atoms with Crippen LogP contribution < -0.4 is 21.9 Å². The second-order valence-electron chi connectivity index (χ2n) is 9.40. The third-order valence-electron chi connectivity index (χ3n) is 6.85. The van der Waals surface area contributed by atoms with Crippen molar-refractivity contribution >= 4 is 28.1 Å². The number of nitrogens with two attached hydrogens (primary N) is 1. The Morgan fingerprint density at radius 2 is 1.83 bits per heavy atom. The van der Waals surface area contributed by atoms with E-state index in [0.29, 0.717) is 30.2 Å². The molecule has 36 heavy (non-hydrogen) atoms. The topological polar surface area (TPSA) is 117 Å². The highest BCUT2D eigenvalue weighted by atomic mass is 16.2. The Kier molecular flexibility index (Phi) is 6.10. The van der Waals surface area contributed by atoms with Crippen molar-refractivity contribution in [1.29, 1.82) is 0 Å². The van der Waals surface area contributed by atoms with Crippen molar-refractivity contribution in [1.82, 2.24) is 28.7 Å². The van der Waals surface area contributed by atoms with Crippen molar-refractivity contribution in [2.45, 2.75) is 52.7 Å². The van der Waals surface area contributed by atoms with Gasteiger partial charge in [-0.25, -0.2) is 14.8 Å². The first-order chi connectivity index (χ1) is 17.3. The smallest absolute Gasteiger partial charge is 0.332 e. The Morgan fingerprint density at radius 1 is 1.08 bits per heavy atom. The van der Waals surface area contributed by atoms with Gasteiger partial charge >= 0.3 is 5.69 Å². The van der Waals surface area contributed by atoms with Gasteiger partial charge in [-0.3, -0.25) is 18.5 Å². The molecule has 0 aliphatic carbocycles. The molecule has 10 nitrogen and oxygen atoms in total. The Labute approximate surface area is 208 Å². The molecule has 1 aromatic carbocycles. The highest BCUT2D eigenvalue weighted by Crippen LogP contribution is 2.23. The van der Waals surface area contributed by atoms with Crippen molar-refractivity contribution in [2.75, 3.05) is 18.0 Å². The normalized spacial score (nSPS) is 15.9. The number of hydrogen-bond acceptors (Lipinski definition) is 7. The van der Waals surface area contributed by atoms with Crippen LogP contribution in [0.5, 0.6) is 0 Å². The van der Waals surface area contributed by atoms with Crippen molar-refractivity contribution in [3.05, 3.63) is 56.0 Å². The first kappa shape index (κ1) is 23.8. The number of nitrogens with zero attached hydrogens (tertiary/aromatic N) is 7. The number of rotatable bonds is 4. The summed E-state index contributed by atoms with van der Waals surface area (Å²) in [5, 5.41) is 0. The molecule has 1 saturated heterocycles. The molecule has 1 atom stereocenters. The molecule has 0 radical (unpaired) electrons. The van der Waals surface area contributed by atoms with Gasteiger partial charge in [0.1, 0.15) is 0 Å². The molecule has 186 valence electrons. The molecule has 4 heterocycles. The van der Waals surface area contributed by atoms with Crippen LogP contribution in [0.3, 0.4) is 0 Å². The van der Waals surface area contributed by atoms with Crippen LogP contribution in [-0.2, 0) is 20.1 Å². The molecule has 10 heteroatoms. The quantitative estimate of drug-likeness (QED) is 0.434. The summed E-state index contributed by atoms with van der Waals surface area (Å²) < 4.78 is 4.51. The summed E-state index contributed by atoms with van der Waals surface area (Å²) >= 11 is 0. The minimum atomic E-state index is -0.424. The summed E-state index contributed by atoms with van der Waals surface area (Å²) in [5.41, 5.74) is 10.1. The molecule has 0 saturated carbocycles. The molecule has 4 aromatic rings. The van der Waals surface area contributed by atoms with Crippen LogP contribution >= 0.6 is 0 Å². The minimum absolute atomic E-state index is 0.0353. The number of fused-ring (bicyclic) bond motifs is 2. The molecule has 1 aliphatic heterocycles. The molecular weight excluding hydrogens is 456 g/mol. The fourth-order valence-electron chi connectivity index (χ4n) is 4.80. The van der Waals surface area contributed by atoms with Gasteiger partial charge in [-0.2, -0.15) is 4.98 Å².